The molecule has 178 valence electrons. The molecule has 0 bridgehead atoms. The standard InChI is InChI=1S/C25H31ClN2O5/c1-31-19-11-9-17(10-12-19)24(25(30)27-18-7-5-4-6-8-18)28(23(29)16-26)21-14-13-20(32-2)15-22(21)33-3/h9-15,18,24H,4-8,16H2,1-3H3,(H,27,30)/t24-/m1/s1. The maximum absolute atomic E-state index is 13.7. The monoisotopic (exact) mass is 474 g/mol. The fraction of sp³-hybridized carbons (Fsp3) is 0.440. The molecule has 3 rings (SSSR count). The third-order valence-electron chi connectivity index (χ3n) is 5.92. The highest BCUT2D eigenvalue weighted by molar-refractivity contribution is 6.30. The molecule has 2 amide bonds. The van der Waals surface area contributed by atoms with Gasteiger partial charge in [0.1, 0.15) is 29.2 Å². The van der Waals surface area contributed by atoms with Crippen molar-refractivity contribution >= 4 is 29.1 Å². The topological polar surface area (TPSA) is 77.1 Å². The number of hydrogen-bond donors (Lipinski definition) is 1. The van der Waals surface area contributed by atoms with Gasteiger partial charge in [0.2, 0.25) is 11.8 Å². The van der Waals surface area contributed by atoms with Crippen LogP contribution in [0, 0.1) is 0 Å². The number of nitrogens with zero attached hydrogens (tertiary/aromatic N) is 1. The Bertz CT molecular complexity index is 944. The summed E-state index contributed by atoms with van der Waals surface area (Å²) >= 11 is 6.02. The van der Waals surface area contributed by atoms with Crippen LogP contribution in [-0.2, 0) is 9.59 Å². The number of carbonyl (C=O) groups excluding carboxylic acids is 2. The minimum absolute atomic E-state index is 0.0812. The Hall–Kier alpha value is -2.93. The Labute approximate surface area is 200 Å². The van der Waals surface area contributed by atoms with Gasteiger partial charge in [0.15, 0.2) is 0 Å². The van der Waals surface area contributed by atoms with Crippen molar-refractivity contribution in [2.45, 2.75) is 44.2 Å². The van der Waals surface area contributed by atoms with Gasteiger partial charge in [-0.3, -0.25) is 14.5 Å². The van der Waals surface area contributed by atoms with Crippen LogP contribution in [0.3, 0.4) is 0 Å². The van der Waals surface area contributed by atoms with E-state index in [4.69, 9.17) is 25.8 Å². The van der Waals surface area contributed by atoms with E-state index < -0.39 is 11.9 Å². The van der Waals surface area contributed by atoms with E-state index >= 15 is 0 Å². The molecule has 1 N–H and O–H groups in total. The molecule has 0 spiro atoms. The molecular formula is C25H31ClN2O5. The fourth-order valence-corrected chi connectivity index (χ4v) is 4.33. The zero-order valence-electron chi connectivity index (χ0n) is 19.3. The Morgan fingerprint density at radius 3 is 2.18 bits per heavy atom. The minimum Gasteiger partial charge on any atom is -0.497 e. The SMILES string of the molecule is COc1ccc([C@H](C(=O)NC2CCCCC2)N(C(=O)CCl)c2ccc(OC)cc2OC)cc1. The van der Waals surface area contributed by atoms with E-state index in [0.29, 0.717) is 28.5 Å². The molecule has 1 saturated carbocycles. The molecule has 1 fully saturated rings. The first kappa shape index (κ1) is 24.7. The Morgan fingerprint density at radius 1 is 0.970 bits per heavy atom. The van der Waals surface area contributed by atoms with Gasteiger partial charge in [-0.05, 0) is 42.7 Å². The van der Waals surface area contributed by atoms with Gasteiger partial charge in [-0.2, -0.15) is 0 Å². The molecule has 1 aliphatic carbocycles. The van der Waals surface area contributed by atoms with Crippen LogP contribution in [-0.4, -0.2) is 45.1 Å². The van der Waals surface area contributed by atoms with Crippen LogP contribution >= 0.6 is 11.6 Å². The summed E-state index contributed by atoms with van der Waals surface area (Å²) in [5.74, 6) is 0.655. The number of halogens is 1. The maximum Gasteiger partial charge on any atom is 0.248 e. The van der Waals surface area contributed by atoms with Crippen LogP contribution in [0.2, 0.25) is 0 Å². The van der Waals surface area contributed by atoms with Crippen molar-refractivity contribution in [1.82, 2.24) is 5.32 Å². The third kappa shape index (κ3) is 5.90. The van der Waals surface area contributed by atoms with Crippen molar-refractivity contribution in [2.75, 3.05) is 32.1 Å². The molecule has 1 aliphatic rings. The summed E-state index contributed by atoms with van der Waals surface area (Å²) in [4.78, 5) is 28.3. The van der Waals surface area contributed by atoms with Gasteiger partial charge in [0.25, 0.3) is 0 Å². The summed E-state index contributed by atoms with van der Waals surface area (Å²) in [6, 6.07) is 11.3. The van der Waals surface area contributed by atoms with E-state index in [1.54, 1.807) is 56.7 Å². The molecule has 0 aromatic heterocycles. The highest BCUT2D eigenvalue weighted by Gasteiger charge is 2.35. The first-order valence-electron chi connectivity index (χ1n) is 11.1. The van der Waals surface area contributed by atoms with Crippen LogP contribution in [0.1, 0.15) is 43.7 Å². The van der Waals surface area contributed by atoms with E-state index in [-0.39, 0.29) is 17.8 Å². The van der Waals surface area contributed by atoms with Crippen LogP contribution in [0.5, 0.6) is 17.2 Å². The number of ether oxygens (including phenoxy) is 3. The lowest BCUT2D eigenvalue weighted by Crippen LogP contribution is -2.47. The predicted octanol–water partition coefficient (Wildman–Crippen LogP) is 4.47. The van der Waals surface area contributed by atoms with E-state index in [2.05, 4.69) is 5.32 Å². The van der Waals surface area contributed by atoms with Gasteiger partial charge in [0, 0.05) is 12.1 Å². The highest BCUT2D eigenvalue weighted by Crippen LogP contribution is 2.38. The van der Waals surface area contributed by atoms with Crippen LogP contribution in [0.25, 0.3) is 0 Å². The summed E-state index contributed by atoms with van der Waals surface area (Å²) in [7, 11) is 4.63. The van der Waals surface area contributed by atoms with Gasteiger partial charge in [-0.25, -0.2) is 0 Å². The second kappa shape index (κ2) is 11.8. The lowest BCUT2D eigenvalue weighted by atomic mass is 9.94. The molecule has 0 saturated heterocycles. The van der Waals surface area contributed by atoms with Crippen molar-refractivity contribution in [3.8, 4) is 17.2 Å². The van der Waals surface area contributed by atoms with Crippen LogP contribution in [0.15, 0.2) is 42.5 Å². The Morgan fingerprint density at radius 2 is 1.61 bits per heavy atom. The minimum atomic E-state index is -0.939. The van der Waals surface area contributed by atoms with Crippen LogP contribution in [0.4, 0.5) is 5.69 Å². The zero-order valence-corrected chi connectivity index (χ0v) is 20.1. The molecule has 33 heavy (non-hydrogen) atoms. The third-order valence-corrected chi connectivity index (χ3v) is 6.15. The average Bonchev–Trinajstić information content (AvgIpc) is 2.87. The van der Waals surface area contributed by atoms with Gasteiger partial charge in [0.05, 0.1) is 27.0 Å². The molecule has 2 aromatic rings. The number of nitrogens with one attached hydrogen (secondary N) is 1. The molecule has 7 nitrogen and oxygen atoms in total. The summed E-state index contributed by atoms with van der Waals surface area (Å²) in [5, 5.41) is 3.16. The Balaban J connectivity index is 2.08. The van der Waals surface area contributed by atoms with E-state index in [0.717, 1.165) is 25.7 Å². The molecule has 0 radical (unpaired) electrons. The molecular weight excluding hydrogens is 444 g/mol. The van der Waals surface area contributed by atoms with Crippen LogP contribution < -0.4 is 24.4 Å². The number of rotatable bonds is 9. The predicted molar refractivity (Wildman–Crippen MR) is 129 cm³/mol. The van der Waals surface area contributed by atoms with E-state index in [1.165, 1.54) is 18.4 Å². The number of hydrogen-bond acceptors (Lipinski definition) is 5. The number of carbonyl (C=O) groups is 2. The van der Waals surface area contributed by atoms with Crippen molar-refractivity contribution in [2.24, 2.45) is 0 Å². The van der Waals surface area contributed by atoms with Crippen molar-refractivity contribution < 1.29 is 23.8 Å². The molecule has 0 unspecified atom stereocenters. The summed E-state index contributed by atoms with van der Waals surface area (Å²) < 4.78 is 16.1. The highest BCUT2D eigenvalue weighted by atomic mass is 35.5. The molecule has 0 aliphatic heterocycles. The molecule has 2 aromatic carbocycles. The summed E-state index contributed by atoms with van der Waals surface area (Å²) in [6.07, 6.45) is 5.19. The second-order valence-electron chi connectivity index (χ2n) is 7.95. The van der Waals surface area contributed by atoms with Gasteiger partial charge < -0.3 is 19.5 Å². The second-order valence-corrected chi connectivity index (χ2v) is 8.22. The number of alkyl halides is 1. The van der Waals surface area contributed by atoms with Gasteiger partial charge >= 0.3 is 0 Å². The number of anilines is 1. The quantitative estimate of drug-likeness (QED) is 0.542. The largest absolute Gasteiger partial charge is 0.497 e. The van der Waals surface area contributed by atoms with E-state index in [9.17, 15) is 9.59 Å². The van der Waals surface area contributed by atoms with Gasteiger partial charge in [-0.15, -0.1) is 11.6 Å². The molecule has 0 heterocycles. The summed E-state index contributed by atoms with van der Waals surface area (Å²) in [5.41, 5.74) is 1.07. The molecule has 8 heteroatoms. The lowest BCUT2D eigenvalue weighted by molar-refractivity contribution is -0.126. The van der Waals surface area contributed by atoms with E-state index in [1.807, 2.05) is 0 Å². The average molecular weight is 475 g/mol. The smallest absolute Gasteiger partial charge is 0.248 e. The van der Waals surface area contributed by atoms with Crippen molar-refractivity contribution in [3.05, 3.63) is 48.0 Å². The van der Waals surface area contributed by atoms with Crippen molar-refractivity contribution in [1.29, 1.82) is 0 Å². The van der Waals surface area contributed by atoms with Gasteiger partial charge in [-0.1, -0.05) is 31.4 Å². The maximum atomic E-state index is 13.7. The first-order valence-corrected chi connectivity index (χ1v) is 11.6. The Kier molecular flexibility index (Phi) is 8.83. The van der Waals surface area contributed by atoms with Crippen molar-refractivity contribution in [3.63, 3.8) is 0 Å². The lowest BCUT2D eigenvalue weighted by Gasteiger charge is -2.34. The first-order chi connectivity index (χ1) is 16.0. The zero-order chi connectivity index (χ0) is 23.8. The number of methoxy groups -OCH3 is 3. The number of amides is 2. The fourth-order valence-electron chi connectivity index (χ4n) is 4.20. The normalized spacial score (nSPS) is 14.8. The number of benzene rings is 2. The summed E-state index contributed by atoms with van der Waals surface area (Å²) in [6.45, 7) is 0. The molecule has 1 atom stereocenters.